The molecule has 62 valence electrons. The van der Waals surface area contributed by atoms with E-state index in [1.807, 2.05) is 0 Å². The summed E-state index contributed by atoms with van der Waals surface area (Å²) in [6.45, 7) is 7.13. The van der Waals surface area contributed by atoms with Gasteiger partial charge >= 0.3 is 6.18 Å². The van der Waals surface area contributed by atoms with Crippen LogP contribution in [-0.2, 0) is 0 Å². The largest absolute Gasteiger partial charge is 0.435 e. The van der Waals surface area contributed by atoms with Crippen LogP contribution >= 0.6 is 0 Å². The lowest BCUT2D eigenvalue weighted by Crippen LogP contribution is -2.23. The average molecular weight is 164 g/mol. The smallest absolute Gasteiger partial charge is 0.166 e. The zero-order valence-corrected chi connectivity index (χ0v) is 5.94. The third-order valence-corrected chi connectivity index (χ3v) is 0.843. The molecule has 0 radical (unpaired) electrons. The summed E-state index contributed by atoms with van der Waals surface area (Å²) in [5.41, 5.74) is -1.27. The van der Waals surface area contributed by atoms with E-state index in [2.05, 4.69) is 23.5 Å². The molecular formula is C6H7F3N2. The van der Waals surface area contributed by atoms with Gasteiger partial charge < -0.3 is 0 Å². The highest BCUT2D eigenvalue weighted by atomic mass is 19.4. The van der Waals surface area contributed by atoms with Gasteiger partial charge in [0.25, 0.3) is 0 Å². The van der Waals surface area contributed by atoms with Crippen LogP contribution in [0.3, 0.4) is 0 Å². The third kappa shape index (κ3) is 2.97. The average Bonchev–Trinajstić information content (AvgIpc) is 1.79. The molecule has 0 heterocycles. The molecule has 0 amide bonds. The van der Waals surface area contributed by atoms with Crippen LogP contribution in [0.1, 0.15) is 6.92 Å². The molecule has 0 rings (SSSR count). The molecule has 2 nitrogen and oxygen atoms in total. The predicted octanol–water partition coefficient (Wildman–Crippen LogP) is 2.18. The summed E-state index contributed by atoms with van der Waals surface area (Å²) < 4.78 is 35.6. The van der Waals surface area contributed by atoms with Crippen LogP contribution < -0.4 is 0 Å². The number of halogens is 3. The van der Waals surface area contributed by atoms with Crippen molar-refractivity contribution in [1.82, 2.24) is 0 Å². The monoisotopic (exact) mass is 164 g/mol. The molecule has 0 N–H and O–H groups in total. The Morgan fingerprint density at radius 1 is 1.36 bits per heavy atom. The van der Waals surface area contributed by atoms with E-state index in [-0.39, 0.29) is 5.57 Å². The summed E-state index contributed by atoms with van der Waals surface area (Å²) in [7, 11) is 0. The normalized spacial score (nSPS) is 12.9. The van der Waals surface area contributed by atoms with Gasteiger partial charge in [0.15, 0.2) is 5.71 Å². The first-order valence-corrected chi connectivity index (χ1v) is 2.66. The van der Waals surface area contributed by atoms with Crippen LogP contribution in [0.5, 0.6) is 0 Å². The summed E-state index contributed by atoms with van der Waals surface area (Å²) in [5, 5.41) is 5.58. The molecule has 5 heteroatoms. The van der Waals surface area contributed by atoms with E-state index < -0.39 is 11.9 Å². The highest BCUT2D eigenvalue weighted by molar-refractivity contribution is 6.03. The SMILES string of the molecule is C=N/N=C(\C(=C)C)C(F)(F)F. The quantitative estimate of drug-likeness (QED) is 0.441. The minimum absolute atomic E-state index is 0.176. The van der Waals surface area contributed by atoms with Crippen molar-refractivity contribution in [2.45, 2.75) is 13.1 Å². The van der Waals surface area contributed by atoms with Gasteiger partial charge in [0.1, 0.15) is 0 Å². The number of rotatable bonds is 2. The minimum atomic E-state index is -4.49. The van der Waals surface area contributed by atoms with Crippen molar-refractivity contribution in [2.24, 2.45) is 10.2 Å². The molecule has 11 heavy (non-hydrogen) atoms. The van der Waals surface area contributed by atoms with Gasteiger partial charge in [0.2, 0.25) is 0 Å². The van der Waals surface area contributed by atoms with Gasteiger partial charge in [-0.05, 0) is 12.5 Å². The first kappa shape index (κ1) is 9.87. The molecule has 0 saturated heterocycles. The van der Waals surface area contributed by atoms with Gasteiger partial charge in [-0.2, -0.15) is 18.3 Å². The van der Waals surface area contributed by atoms with Crippen LogP contribution in [0.4, 0.5) is 13.2 Å². The Labute approximate surface area is 62.1 Å². The zero-order chi connectivity index (χ0) is 9.07. The number of hydrogen-bond acceptors (Lipinski definition) is 2. The molecule has 0 aliphatic heterocycles. The van der Waals surface area contributed by atoms with Gasteiger partial charge in [-0.15, -0.1) is 5.10 Å². The molecule has 0 aromatic rings. The third-order valence-electron chi connectivity index (χ3n) is 0.843. The minimum Gasteiger partial charge on any atom is -0.166 e. The molecule has 0 aromatic heterocycles. The Balaban J connectivity index is 4.77. The molecule has 0 saturated carbocycles. The van der Waals surface area contributed by atoms with E-state index in [0.717, 1.165) is 0 Å². The van der Waals surface area contributed by atoms with Gasteiger partial charge in [-0.25, -0.2) is 0 Å². The van der Waals surface area contributed by atoms with Crippen molar-refractivity contribution >= 4 is 12.4 Å². The molecule has 0 aliphatic carbocycles. The van der Waals surface area contributed by atoms with E-state index in [0.29, 0.717) is 0 Å². The van der Waals surface area contributed by atoms with Gasteiger partial charge in [0.05, 0.1) is 0 Å². The van der Waals surface area contributed by atoms with Crippen LogP contribution in [-0.4, -0.2) is 18.6 Å². The summed E-state index contributed by atoms with van der Waals surface area (Å²) in [6.07, 6.45) is -4.49. The van der Waals surface area contributed by atoms with E-state index >= 15 is 0 Å². The first-order valence-electron chi connectivity index (χ1n) is 2.66. The molecule has 0 atom stereocenters. The second-order valence-electron chi connectivity index (χ2n) is 1.87. The topological polar surface area (TPSA) is 24.7 Å². The second kappa shape index (κ2) is 3.32. The highest BCUT2D eigenvalue weighted by Gasteiger charge is 2.36. The van der Waals surface area contributed by atoms with Crippen molar-refractivity contribution in [2.75, 3.05) is 0 Å². The second-order valence-corrected chi connectivity index (χ2v) is 1.87. The summed E-state index contributed by atoms with van der Waals surface area (Å²) in [5.74, 6) is 0. The first-order chi connectivity index (χ1) is 4.89. The van der Waals surface area contributed by atoms with Crippen molar-refractivity contribution in [3.63, 3.8) is 0 Å². The molecule has 0 spiro atoms. The van der Waals surface area contributed by atoms with Crippen LogP contribution in [0.15, 0.2) is 22.4 Å². The van der Waals surface area contributed by atoms with E-state index in [1.54, 1.807) is 0 Å². The molecule has 0 unspecified atom stereocenters. The molecule has 0 fully saturated rings. The Bertz CT molecular complexity index is 202. The Kier molecular flexibility index (Phi) is 2.98. The van der Waals surface area contributed by atoms with Crippen LogP contribution in [0.25, 0.3) is 0 Å². The van der Waals surface area contributed by atoms with E-state index in [9.17, 15) is 13.2 Å². The summed E-state index contributed by atoms with van der Waals surface area (Å²) in [4.78, 5) is 0. The molecule has 0 bridgehead atoms. The molecule has 0 aliphatic rings. The van der Waals surface area contributed by atoms with Crippen LogP contribution in [0, 0.1) is 0 Å². The lowest BCUT2D eigenvalue weighted by atomic mass is 10.2. The molecule has 0 aromatic carbocycles. The van der Waals surface area contributed by atoms with Gasteiger partial charge in [-0.3, -0.25) is 0 Å². The van der Waals surface area contributed by atoms with Crippen molar-refractivity contribution in [3.8, 4) is 0 Å². The van der Waals surface area contributed by atoms with Gasteiger partial charge in [-0.1, -0.05) is 6.58 Å². The standard InChI is InChI=1S/C6H7F3N2/c1-4(2)5(11-10-3)6(7,8)9/h1,3H2,2H3/b11-5+. The van der Waals surface area contributed by atoms with Gasteiger partial charge in [0, 0.05) is 6.72 Å². The lowest BCUT2D eigenvalue weighted by Gasteiger charge is -2.06. The fraction of sp³-hybridized carbons (Fsp3) is 0.333. The Morgan fingerprint density at radius 3 is 1.91 bits per heavy atom. The maximum Gasteiger partial charge on any atom is 0.435 e. The highest BCUT2D eigenvalue weighted by Crippen LogP contribution is 2.21. The summed E-state index contributed by atoms with van der Waals surface area (Å²) in [6, 6.07) is 0. The van der Waals surface area contributed by atoms with Crippen molar-refractivity contribution in [1.29, 1.82) is 0 Å². The van der Waals surface area contributed by atoms with Crippen molar-refractivity contribution in [3.05, 3.63) is 12.2 Å². The Morgan fingerprint density at radius 2 is 1.82 bits per heavy atom. The van der Waals surface area contributed by atoms with E-state index in [4.69, 9.17) is 0 Å². The number of alkyl halides is 3. The zero-order valence-electron chi connectivity index (χ0n) is 5.94. The fourth-order valence-corrected chi connectivity index (χ4v) is 0.455. The van der Waals surface area contributed by atoms with E-state index in [1.165, 1.54) is 6.92 Å². The maximum absolute atomic E-state index is 11.9. The number of nitrogens with zero attached hydrogens (tertiary/aromatic N) is 2. The fourth-order valence-electron chi connectivity index (χ4n) is 0.455. The van der Waals surface area contributed by atoms with Crippen LogP contribution in [0.2, 0.25) is 0 Å². The number of allylic oxidation sites excluding steroid dienone is 1. The molecular weight excluding hydrogens is 157 g/mol. The number of hydrogen-bond donors (Lipinski definition) is 0. The maximum atomic E-state index is 11.9. The lowest BCUT2D eigenvalue weighted by molar-refractivity contribution is -0.0583. The predicted molar refractivity (Wildman–Crippen MR) is 37.9 cm³/mol. The Hall–Kier alpha value is -1.13. The van der Waals surface area contributed by atoms with Crippen molar-refractivity contribution < 1.29 is 13.2 Å². The summed E-state index contributed by atoms with van der Waals surface area (Å²) >= 11 is 0.